The summed E-state index contributed by atoms with van der Waals surface area (Å²) in [6.07, 6.45) is 12.3. The number of halogens is 3. The van der Waals surface area contributed by atoms with Crippen molar-refractivity contribution in [2.75, 3.05) is 6.54 Å². The molecule has 1 aliphatic heterocycles. The van der Waals surface area contributed by atoms with Gasteiger partial charge in [-0.15, -0.1) is 0 Å². The summed E-state index contributed by atoms with van der Waals surface area (Å²) in [7, 11) is 0. The second-order valence-electron chi connectivity index (χ2n) is 7.09. The van der Waals surface area contributed by atoms with Crippen molar-refractivity contribution < 1.29 is 13.2 Å². The molecule has 2 aromatic carbocycles. The number of rotatable bonds is 6. The predicted molar refractivity (Wildman–Crippen MR) is 118 cm³/mol. The molecule has 0 saturated heterocycles. The molecule has 0 unspecified atom stereocenters. The van der Waals surface area contributed by atoms with Crippen LogP contribution in [0.3, 0.4) is 0 Å². The Hall–Kier alpha value is -3.91. The normalized spacial score (nSPS) is 13.4. The van der Waals surface area contributed by atoms with E-state index < -0.39 is 17.5 Å². The highest BCUT2D eigenvalue weighted by Crippen LogP contribution is 2.22. The molecule has 5 nitrogen and oxygen atoms in total. The van der Waals surface area contributed by atoms with Crippen molar-refractivity contribution in [2.45, 2.75) is 6.54 Å². The van der Waals surface area contributed by atoms with E-state index in [4.69, 9.17) is 5.73 Å². The van der Waals surface area contributed by atoms with Crippen molar-refractivity contribution in [3.63, 3.8) is 0 Å². The Balaban J connectivity index is 1.48. The Bertz CT molecular complexity index is 1180. The Labute approximate surface area is 183 Å². The highest BCUT2D eigenvalue weighted by Gasteiger charge is 2.15. The van der Waals surface area contributed by atoms with Gasteiger partial charge in [-0.2, -0.15) is 0 Å². The standard InChI is InChI=1S/C24H20F3N5/c25-20-11-19(12-21(26)23(20)27)22-7-3-9-32(31-22)15-16-4-1-6-18(10-16)24-29-13-17(14-30-24)5-2-8-28/h1-7,9-14,31H,8,15,28H2/b5-2+. The summed E-state index contributed by atoms with van der Waals surface area (Å²) in [5, 5.41) is 1.76. The summed E-state index contributed by atoms with van der Waals surface area (Å²) in [5.41, 5.74) is 11.9. The van der Waals surface area contributed by atoms with Gasteiger partial charge in [0, 0.05) is 41.8 Å². The van der Waals surface area contributed by atoms with Crippen LogP contribution in [-0.2, 0) is 6.54 Å². The number of benzene rings is 2. The Morgan fingerprint density at radius 3 is 2.47 bits per heavy atom. The van der Waals surface area contributed by atoms with Crippen LogP contribution in [0.1, 0.15) is 16.7 Å². The molecule has 0 spiro atoms. The van der Waals surface area contributed by atoms with Crippen LogP contribution in [-0.4, -0.2) is 21.5 Å². The van der Waals surface area contributed by atoms with Crippen molar-refractivity contribution in [2.24, 2.45) is 5.73 Å². The van der Waals surface area contributed by atoms with Gasteiger partial charge in [0.1, 0.15) is 0 Å². The average molecular weight is 435 g/mol. The monoisotopic (exact) mass is 435 g/mol. The molecule has 3 N–H and O–H groups in total. The van der Waals surface area contributed by atoms with Crippen LogP contribution in [0.25, 0.3) is 23.2 Å². The summed E-state index contributed by atoms with van der Waals surface area (Å²) in [4.78, 5) is 8.82. The van der Waals surface area contributed by atoms with E-state index in [2.05, 4.69) is 15.4 Å². The van der Waals surface area contributed by atoms with Gasteiger partial charge in [0.25, 0.3) is 0 Å². The second-order valence-corrected chi connectivity index (χ2v) is 7.09. The van der Waals surface area contributed by atoms with Crippen LogP contribution in [0.5, 0.6) is 0 Å². The second kappa shape index (κ2) is 9.49. The molecule has 0 amide bonds. The molecule has 3 aromatic rings. The zero-order valence-electron chi connectivity index (χ0n) is 17.0. The summed E-state index contributed by atoms with van der Waals surface area (Å²) in [6, 6.07) is 9.66. The molecule has 1 aromatic heterocycles. The van der Waals surface area contributed by atoms with E-state index in [1.54, 1.807) is 35.8 Å². The van der Waals surface area contributed by atoms with Gasteiger partial charge < -0.3 is 5.73 Å². The van der Waals surface area contributed by atoms with Crippen LogP contribution in [0.4, 0.5) is 13.2 Å². The third-order valence-electron chi connectivity index (χ3n) is 4.74. The molecule has 0 atom stereocenters. The summed E-state index contributed by atoms with van der Waals surface area (Å²) >= 11 is 0. The topological polar surface area (TPSA) is 67.1 Å². The molecular formula is C24H20F3N5. The van der Waals surface area contributed by atoms with Gasteiger partial charge in [0.05, 0.1) is 12.2 Å². The first-order valence-electron chi connectivity index (χ1n) is 9.88. The number of aromatic nitrogens is 2. The van der Waals surface area contributed by atoms with Crippen molar-refractivity contribution in [1.82, 2.24) is 20.4 Å². The first-order valence-corrected chi connectivity index (χ1v) is 9.88. The van der Waals surface area contributed by atoms with Gasteiger partial charge in [-0.25, -0.2) is 23.1 Å². The highest BCUT2D eigenvalue weighted by molar-refractivity contribution is 5.66. The van der Waals surface area contributed by atoms with Crippen LogP contribution >= 0.6 is 0 Å². The lowest BCUT2D eigenvalue weighted by Gasteiger charge is -2.27. The van der Waals surface area contributed by atoms with Crippen LogP contribution < -0.4 is 11.2 Å². The molecular weight excluding hydrogens is 415 g/mol. The lowest BCUT2D eigenvalue weighted by atomic mass is 10.1. The van der Waals surface area contributed by atoms with E-state index in [1.165, 1.54) is 0 Å². The molecule has 32 heavy (non-hydrogen) atoms. The molecule has 2 heterocycles. The van der Waals surface area contributed by atoms with Gasteiger partial charge in [-0.3, -0.25) is 10.4 Å². The molecule has 0 aliphatic carbocycles. The lowest BCUT2D eigenvalue weighted by molar-refractivity contribution is 0.313. The van der Waals surface area contributed by atoms with E-state index in [-0.39, 0.29) is 5.56 Å². The van der Waals surface area contributed by atoms with Gasteiger partial charge in [-0.05, 0) is 35.9 Å². The summed E-state index contributed by atoms with van der Waals surface area (Å²) < 4.78 is 40.5. The summed E-state index contributed by atoms with van der Waals surface area (Å²) in [6.45, 7) is 0.913. The van der Waals surface area contributed by atoms with E-state index in [0.717, 1.165) is 28.8 Å². The molecule has 0 radical (unpaired) electrons. The molecule has 4 rings (SSSR count). The van der Waals surface area contributed by atoms with Crippen LogP contribution in [0, 0.1) is 17.5 Å². The third kappa shape index (κ3) is 4.87. The van der Waals surface area contributed by atoms with Crippen LogP contribution in [0.15, 0.2) is 73.2 Å². The smallest absolute Gasteiger partial charge is 0.194 e. The van der Waals surface area contributed by atoms with E-state index in [9.17, 15) is 13.2 Å². The Morgan fingerprint density at radius 2 is 1.75 bits per heavy atom. The number of hydrogen-bond donors (Lipinski definition) is 2. The quantitative estimate of drug-likeness (QED) is 0.562. The Kier molecular flexibility index (Phi) is 6.32. The van der Waals surface area contributed by atoms with Gasteiger partial charge in [0.2, 0.25) is 0 Å². The van der Waals surface area contributed by atoms with Crippen molar-refractivity contribution in [1.29, 1.82) is 0 Å². The fourth-order valence-corrected chi connectivity index (χ4v) is 3.22. The van der Waals surface area contributed by atoms with E-state index in [0.29, 0.717) is 24.6 Å². The molecule has 0 bridgehead atoms. The minimum atomic E-state index is -1.49. The molecule has 0 fully saturated rings. The molecule has 0 saturated carbocycles. The van der Waals surface area contributed by atoms with Crippen LogP contribution in [0.2, 0.25) is 0 Å². The predicted octanol–water partition coefficient (Wildman–Crippen LogP) is 4.41. The van der Waals surface area contributed by atoms with E-state index in [1.807, 2.05) is 36.4 Å². The van der Waals surface area contributed by atoms with Gasteiger partial charge in [-0.1, -0.05) is 30.4 Å². The summed E-state index contributed by atoms with van der Waals surface area (Å²) in [5.74, 6) is -3.36. The van der Waals surface area contributed by atoms with E-state index >= 15 is 0 Å². The fourth-order valence-electron chi connectivity index (χ4n) is 3.22. The maximum Gasteiger partial charge on any atom is 0.194 e. The SMILES string of the molecule is NC/C=C/c1cnc(-c2cccc(CN3C=CC=C(c4cc(F)c(F)c(F)c4)N3)c2)nc1. The zero-order valence-corrected chi connectivity index (χ0v) is 17.0. The fraction of sp³-hybridized carbons (Fsp3) is 0.0833. The maximum atomic E-state index is 13.6. The number of nitrogens with two attached hydrogens (primary N) is 1. The van der Waals surface area contributed by atoms with Gasteiger partial charge in [0.15, 0.2) is 23.3 Å². The third-order valence-corrected chi connectivity index (χ3v) is 4.74. The zero-order chi connectivity index (χ0) is 22.5. The molecule has 1 aliphatic rings. The first-order chi connectivity index (χ1) is 15.5. The molecule has 8 heteroatoms. The first kappa shape index (κ1) is 21.3. The number of hydrazine groups is 1. The minimum absolute atomic E-state index is 0.210. The average Bonchev–Trinajstić information content (AvgIpc) is 2.81. The number of allylic oxidation sites excluding steroid dienone is 2. The van der Waals surface area contributed by atoms with Crippen molar-refractivity contribution >= 4 is 11.8 Å². The lowest BCUT2D eigenvalue weighted by Crippen LogP contribution is -2.33. The molecule has 162 valence electrons. The number of nitrogens with one attached hydrogen (secondary N) is 1. The Morgan fingerprint density at radius 1 is 1.00 bits per heavy atom. The largest absolute Gasteiger partial charge is 0.327 e. The number of hydrogen-bond acceptors (Lipinski definition) is 5. The van der Waals surface area contributed by atoms with Crippen molar-refractivity contribution in [3.8, 4) is 11.4 Å². The van der Waals surface area contributed by atoms with Gasteiger partial charge >= 0.3 is 0 Å². The highest BCUT2D eigenvalue weighted by atomic mass is 19.2. The maximum absolute atomic E-state index is 13.6. The minimum Gasteiger partial charge on any atom is -0.327 e. The van der Waals surface area contributed by atoms with Crippen molar-refractivity contribution in [3.05, 3.63) is 107 Å². The number of nitrogens with zero attached hydrogens (tertiary/aromatic N) is 3.